The smallest absolute Gasteiger partial charge is 0.158 e. The fraction of sp³-hybridized carbons (Fsp3) is 0.348. The van der Waals surface area contributed by atoms with Gasteiger partial charge in [0.1, 0.15) is 17.4 Å². The van der Waals surface area contributed by atoms with Crippen LogP contribution in [0.15, 0.2) is 48.7 Å². The minimum Gasteiger partial charge on any atom is -0.497 e. The molecule has 0 unspecified atom stereocenters. The number of rotatable bonds is 7. The van der Waals surface area contributed by atoms with Crippen molar-refractivity contribution < 1.29 is 23.0 Å². The summed E-state index contributed by atoms with van der Waals surface area (Å²) in [7, 11) is 1.64. The normalized spacial score (nSPS) is 19.2. The van der Waals surface area contributed by atoms with Crippen molar-refractivity contribution in [3.63, 3.8) is 0 Å². The van der Waals surface area contributed by atoms with Crippen molar-refractivity contribution in [2.24, 2.45) is 0 Å². The quantitative estimate of drug-likeness (QED) is 0.634. The fourth-order valence-electron chi connectivity index (χ4n) is 3.58. The lowest BCUT2D eigenvalue weighted by Gasteiger charge is -2.30. The average molecular weight is 414 g/mol. The summed E-state index contributed by atoms with van der Waals surface area (Å²) in [4.78, 5) is 4.40. The van der Waals surface area contributed by atoms with E-state index in [2.05, 4.69) is 10.3 Å². The number of hydrogen-bond acceptors (Lipinski definition) is 5. The van der Waals surface area contributed by atoms with E-state index in [0.29, 0.717) is 19.6 Å². The first-order valence-electron chi connectivity index (χ1n) is 9.95. The molecule has 1 aliphatic rings. The lowest BCUT2D eigenvalue weighted by atomic mass is 10.0. The summed E-state index contributed by atoms with van der Waals surface area (Å²) in [6.07, 6.45) is 2.96. The summed E-state index contributed by atoms with van der Waals surface area (Å²) in [6, 6.07) is 11.6. The van der Waals surface area contributed by atoms with E-state index in [4.69, 9.17) is 14.2 Å². The van der Waals surface area contributed by atoms with Gasteiger partial charge in [-0.1, -0.05) is 6.07 Å². The number of nitrogens with zero attached hydrogens (tertiary/aromatic N) is 1. The average Bonchev–Trinajstić information content (AvgIpc) is 2.77. The first kappa shape index (κ1) is 20.7. The second kappa shape index (κ2) is 9.47. The predicted octanol–water partition coefficient (Wildman–Crippen LogP) is 3.99. The highest BCUT2D eigenvalue weighted by atomic mass is 19.1. The Hall–Kier alpha value is -2.61. The molecule has 0 amide bonds. The fourth-order valence-corrected chi connectivity index (χ4v) is 3.58. The number of methoxy groups -OCH3 is 1. The predicted molar refractivity (Wildman–Crippen MR) is 109 cm³/mol. The third-order valence-corrected chi connectivity index (χ3v) is 5.28. The first-order chi connectivity index (χ1) is 14.6. The number of nitrogens with one attached hydrogen (secondary N) is 1. The Morgan fingerprint density at radius 2 is 1.87 bits per heavy atom. The number of aryl methyl sites for hydroxylation is 1. The van der Waals surface area contributed by atoms with Crippen molar-refractivity contribution in [1.82, 2.24) is 10.3 Å². The summed E-state index contributed by atoms with van der Waals surface area (Å²) in [5.74, 6) is -0.319. The summed E-state index contributed by atoms with van der Waals surface area (Å²) >= 11 is 0. The molecule has 2 aromatic carbocycles. The van der Waals surface area contributed by atoms with E-state index in [1.807, 2.05) is 24.3 Å². The van der Waals surface area contributed by atoms with Crippen LogP contribution in [0.25, 0.3) is 10.9 Å². The van der Waals surface area contributed by atoms with Gasteiger partial charge >= 0.3 is 0 Å². The van der Waals surface area contributed by atoms with Crippen LogP contribution in [0.4, 0.5) is 8.78 Å². The van der Waals surface area contributed by atoms with E-state index in [1.165, 1.54) is 18.2 Å². The molecule has 0 bridgehead atoms. The zero-order chi connectivity index (χ0) is 20.9. The van der Waals surface area contributed by atoms with Crippen LogP contribution in [0, 0.1) is 11.6 Å². The molecule has 1 N–H and O–H groups in total. The third-order valence-electron chi connectivity index (χ3n) is 5.28. The number of pyridine rings is 1. The third kappa shape index (κ3) is 4.75. The molecular formula is C23H24F2N2O3. The number of halogens is 2. The van der Waals surface area contributed by atoms with Gasteiger partial charge in [0.05, 0.1) is 31.9 Å². The minimum absolute atomic E-state index is 0.0274. The van der Waals surface area contributed by atoms with Gasteiger partial charge in [-0.05, 0) is 48.4 Å². The van der Waals surface area contributed by atoms with E-state index in [9.17, 15) is 8.78 Å². The Labute approximate surface area is 174 Å². The van der Waals surface area contributed by atoms with Gasteiger partial charge in [-0.2, -0.15) is 0 Å². The van der Waals surface area contributed by atoms with Crippen LogP contribution in [0.2, 0.25) is 0 Å². The van der Waals surface area contributed by atoms with E-state index < -0.39 is 11.6 Å². The van der Waals surface area contributed by atoms with Crippen molar-refractivity contribution in [2.45, 2.75) is 31.7 Å². The van der Waals surface area contributed by atoms with Crippen molar-refractivity contribution >= 4 is 10.9 Å². The van der Waals surface area contributed by atoms with Crippen LogP contribution >= 0.6 is 0 Å². The second-order valence-corrected chi connectivity index (χ2v) is 7.27. The van der Waals surface area contributed by atoms with Crippen LogP contribution < -0.4 is 10.1 Å². The van der Waals surface area contributed by atoms with Crippen molar-refractivity contribution in [3.05, 3.63) is 71.4 Å². The van der Waals surface area contributed by atoms with E-state index in [0.717, 1.165) is 28.6 Å². The molecule has 30 heavy (non-hydrogen) atoms. The lowest BCUT2D eigenvalue weighted by Crippen LogP contribution is -2.44. The Bertz CT molecular complexity index is 987. The van der Waals surface area contributed by atoms with Crippen molar-refractivity contribution in [3.8, 4) is 5.75 Å². The van der Waals surface area contributed by atoms with Gasteiger partial charge in [0, 0.05) is 30.1 Å². The monoisotopic (exact) mass is 414 g/mol. The maximum atomic E-state index is 13.7. The van der Waals surface area contributed by atoms with Crippen molar-refractivity contribution in [1.29, 1.82) is 0 Å². The SMILES string of the molecule is COc1ccc2nccc(CCC3OCC(NCc4c(F)cccc4F)CO3)c2c1. The molecule has 4 rings (SSSR count). The van der Waals surface area contributed by atoms with E-state index in [1.54, 1.807) is 13.3 Å². The highest BCUT2D eigenvalue weighted by molar-refractivity contribution is 5.83. The van der Waals surface area contributed by atoms with Crippen molar-refractivity contribution in [2.75, 3.05) is 20.3 Å². The highest BCUT2D eigenvalue weighted by Gasteiger charge is 2.22. The zero-order valence-corrected chi connectivity index (χ0v) is 16.7. The highest BCUT2D eigenvalue weighted by Crippen LogP contribution is 2.24. The Balaban J connectivity index is 1.29. The standard InChI is InChI=1S/C23H24F2N2O3/c1-28-17-6-7-22-18(11-17)15(9-10-26-22)5-8-23-29-13-16(14-30-23)27-12-19-20(24)3-2-4-21(19)25/h2-4,6-7,9-11,16,23,27H,5,8,12-14H2,1H3. The summed E-state index contributed by atoms with van der Waals surface area (Å²) in [5.41, 5.74) is 2.10. The zero-order valence-electron chi connectivity index (χ0n) is 16.7. The number of ether oxygens (including phenoxy) is 3. The van der Waals surface area contributed by atoms with Gasteiger partial charge in [-0.15, -0.1) is 0 Å². The summed E-state index contributed by atoms with van der Waals surface area (Å²) in [5, 5.41) is 4.15. The van der Waals surface area contributed by atoms with E-state index in [-0.39, 0.29) is 24.4 Å². The Kier molecular flexibility index (Phi) is 6.52. The molecule has 0 saturated carbocycles. The molecule has 3 aromatic rings. The van der Waals surface area contributed by atoms with Gasteiger partial charge < -0.3 is 19.5 Å². The maximum absolute atomic E-state index is 13.7. The first-order valence-corrected chi connectivity index (χ1v) is 9.95. The molecule has 0 radical (unpaired) electrons. The van der Waals surface area contributed by atoms with Crippen LogP contribution in [0.5, 0.6) is 5.75 Å². The molecule has 5 nitrogen and oxygen atoms in total. The molecule has 0 aliphatic carbocycles. The lowest BCUT2D eigenvalue weighted by molar-refractivity contribution is -0.192. The molecule has 1 fully saturated rings. The largest absolute Gasteiger partial charge is 0.497 e. The molecule has 0 atom stereocenters. The summed E-state index contributed by atoms with van der Waals surface area (Å²) in [6.45, 7) is 0.933. The maximum Gasteiger partial charge on any atom is 0.158 e. The number of hydrogen-bond donors (Lipinski definition) is 1. The Morgan fingerprint density at radius 1 is 1.10 bits per heavy atom. The van der Waals surface area contributed by atoms with Crippen LogP contribution in [-0.4, -0.2) is 37.6 Å². The molecule has 0 spiro atoms. The molecule has 1 aliphatic heterocycles. The molecule has 158 valence electrons. The van der Waals surface area contributed by atoms with Gasteiger partial charge in [0.15, 0.2) is 6.29 Å². The minimum atomic E-state index is -0.556. The van der Waals surface area contributed by atoms with Crippen LogP contribution in [0.3, 0.4) is 0 Å². The second-order valence-electron chi connectivity index (χ2n) is 7.27. The van der Waals surface area contributed by atoms with E-state index >= 15 is 0 Å². The topological polar surface area (TPSA) is 52.6 Å². The molecule has 2 heterocycles. The number of aromatic nitrogens is 1. The van der Waals surface area contributed by atoms with Gasteiger partial charge in [0.25, 0.3) is 0 Å². The molecule has 1 aromatic heterocycles. The molecular weight excluding hydrogens is 390 g/mol. The van der Waals surface area contributed by atoms with Gasteiger partial charge in [-0.25, -0.2) is 8.78 Å². The molecule has 1 saturated heterocycles. The van der Waals surface area contributed by atoms with Gasteiger partial charge in [0.2, 0.25) is 0 Å². The van der Waals surface area contributed by atoms with Crippen LogP contribution in [-0.2, 0) is 22.4 Å². The van der Waals surface area contributed by atoms with Crippen LogP contribution in [0.1, 0.15) is 17.5 Å². The number of fused-ring (bicyclic) bond motifs is 1. The Morgan fingerprint density at radius 3 is 2.60 bits per heavy atom. The summed E-state index contributed by atoms with van der Waals surface area (Å²) < 4.78 is 44.4. The molecule has 7 heteroatoms. The number of benzene rings is 2. The van der Waals surface area contributed by atoms with Gasteiger partial charge in [-0.3, -0.25) is 4.98 Å².